The number of esters is 1. The van der Waals surface area contributed by atoms with E-state index in [1.807, 2.05) is 6.92 Å². The highest BCUT2D eigenvalue weighted by molar-refractivity contribution is 8.00. The Hall–Kier alpha value is -0.250. The topological polar surface area (TPSA) is 26.3 Å². The van der Waals surface area contributed by atoms with Gasteiger partial charge in [-0.25, -0.2) is 0 Å². The third-order valence-electron chi connectivity index (χ3n) is 2.08. The molecule has 0 saturated carbocycles. The van der Waals surface area contributed by atoms with Crippen molar-refractivity contribution in [2.45, 2.75) is 45.3 Å². The molecule has 0 rings (SSSR count). The molecule has 0 bridgehead atoms. The monoisotopic (exact) mass is 250 g/mol. The fraction of sp³-hybridized carbons (Fsp3) is 0.917. The van der Waals surface area contributed by atoms with Crippen molar-refractivity contribution in [3.8, 4) is 0 Å². The van der Waals surface area contributed by atoms with E-state index >= 15 is 0 Å². The predicted molar refractivity (Wildman–Crippen MR) is 67.5 cm³/mol. The lowest BCUT2D eigenvalue weighted by Crippen LogP contribution is -2.22. The van der Waals surface area contributed by atoms with Gasteiger partial charge in [0.05, 0.1) is 13.3 Å². The summed E-state index contributed by atoms with van der Waals surface area (Å²) in [5, 5.41) is -0.0837. The maximum Gasteiger partial charge on any atom is 0.319 e. The highest BCUT2D eigenvalue weighted by atomic mass is 32.2. The van der Waals surface area contributed by atoms with Crippen LogP contribution in [0.3, 0.4) is 0 Å². The van der Waals surface area contributed by atoms with Crippen LogP contribution < -0.4 is 0 Å². The molecule has 0 N–H and O–H groups in total. The minimum Gasteiger partial charge on any atom is -0.465 e. The van der Waals surface area contributed by atoms with E-state index in [1.165, 1.54) is 0 Å². The molecule has 0 amide bonds. The number of carbonyl (C=O) groups excluding carboxylic acids is 1. The Kier molecular flexibility index (Phi) is 9.78. The summed E-state index contributed by atoms with van der Waals surface area (Å²) in [6.45, 7) is 6.16. The number of halogens is 1. The highest BCUT2D eigenvalue weighted by Gasteiger charge is 2.20. The fourth-order valence-corrected chi connectivity index (χ4v) is 2.70. The van der Waals surface area contributed by atoms with Gasteiger partial charge in [0.1, 0.15) is 5.25 Å². The van der Waals surface area contributed by atoms with Crippen LogP contribution >= 0.6 is 11.8 Å². The van der Waals surface area contributed by atoms with Crippen LogP contribution in [-0.4, -0.2) is 30.3 Å². The van der Waals surface area contributed by atoms with Gasteiger partial charge in [0, 0.05) is 0 Å². The van der Waals surface area contributed by atoms with Gasteiger partial charge in [-0.15, -0.1) is 11.8 Å². The molecular formula is C12H23FO2S. The van der Waals surface area contributed by atoms with E-state index in [-0.39, 0.29) is 17.9 Å². The third-order valence-corrected chi connectivity index (χ3v) is 3.39. The van der Waals surface area contributed by atoms with Crippen molar-refractivity contribution in [1.82, 2.24) is 0 Å². The maximum absolute atomic E-state index is 11.9. The number of carbonyl (C=O) groups is 1. The molecule has 4 heteroatoms. The summed E-state index contributed by atoms with van der Waals surface area (Å²) in [5.41, 5.74) is 0. The molecule has 2 nitrogen and oxygen atoms in total. The minimum absolute atomic E-state index is 0.0837. The molecule has 0 aliphatic rings. The SMILES string of the molecule is CCOC(=O)C(CC(C)C)SCCCCF. The molecule has 0 radical (unpaired) electrons. The Bertz CT molecular complexity index is 186. The molecule has 1 atom stereocenters. The van der Waals surface area contributed by atoms with Gasteiger partial charge >= 0.3 is 5.97 Å². The Balaban J connectivity index is 3.94. The van der Waals surface area contributed by atoms with Crippen LogP contribution in [0.25, 0.3) is 0 Å². The van der Waals surface area contributed by atoms with Gasteiger partial charge < -0.3 is 4.74 Å². The first-order valence-corrected chi connectivity index (χ1v) is 7.00. The molecule has 0 aromatic heterocycles. The zero-order valence-electron chi connectivity index (χ0n) is 10.5. The predicted octanol–water partition coefficient (Wildman–Crippen LogP) is 3.45. The van der Waals surface area contributed by atoms with E-state index in [2.05, 4.69) is 13.8 Å². The van der Waals surface area contributed by atoms with Crippen molar-refractivity contribution < 1.29 is 13.9 Å². The van der Waals surface area contributed by atoms with Gasteiger partial charge in [-0.05, 0) is 37.9 Å². The molecule has 0 aromatic rings. The molecule has 0 aliphatic carbocycles. The lowest BCUT2D eigenvalue weighted by molar-refractivity contribution is -0.142. The summed E-state index contributed by atoms with van der Waals surface area (Å²) in [6, 6.07) is 0. The second-order valence-electron chi connectivity index (χ2n) is 4.14. The summed E-state index contributed by atoms with van der Waals surface area (Å²) < 4.78 is 16.9. The van der Waals surface area contributed by atoms with Crippen molar-refractivity contribution >= 4 is 17.7 Å². The molecule has 0 heterocycles. The summed E-state index contributed by atoms with van der Waals surface area (Å²) in [5.74, 6) is 1.18. The second kappa shape index (κ2) is 9.94. The molecule has 96 valence electrons. The number of thioether (sulfide) groups is 1. The lowest BCUT2D eigenvalue weighted by atomic mass is 10.1. The Morgan fingerprint density at radius 3 is 2.56 bits per heavy atom. The summed E-state index contributed by atoms with van der Waals surface area (Å²) >= 11 is 1.60. The third kappa shape index (κ3) is 7.97. The molecular weight excluding hydrogens is 227 g/mol. The maximum atomic E-state index is 11.9. The zero-order valence-corrected chi connectivity index (χ0v) is 11.3. The van der Waals surface area contributed by atoms with Gasteiger partial charge in [-0.2, -0.15) is 0 Å². The van der Waals surface area contributed by atoms with Crippen LogP contribution in [0.15, 0.2) is 0 Å². The average Bonchev–Trinajstić information content (AvgIpc) is 2.22. The number of alkyl halides is 1. The zero-order chi connectivity index (χ0) is 12.4. The highest BCUT2D eigenvalue weighted by Crippen LogP contribution is 2.22. The van der Waals surface area contributed by atoms with Gasteiger partial charge in [0.15, 0.2) is 0 Å². The van der Waals surface area contributed by atoms with Crippen molar-refractivity contribution in [2.24, 2.45) is 5.92 Å². The van der Waals surface area contributed by atoms with Crippen LogP contribution in [0.5, 0.6) is 0 Å². The number of rotatable bonds is 9. The van der Waals surface area contributed by atoms with Crippen molar-refractivity contribution in [3.63, 3.8) is 0 Å². The van der Waals surface area contributed by atoms with Gasteiger partial charge in [-0.1, -0.05) is 13.8 Å². The van der Waals surface area contributed by atoms with Gasteiger partial charge in [0.25, 0.3) is 0 Å². The van der Waals surface area contributed by atoms with Crippen LogP contribution in [0.2, 0.25) is 0 Å². The standard InChI is InChI=1S/C12H23FO2S/c1-4-15-12(14)11(9-10(2)3)16-8-6-5-7-13/h10-11H,4-9H2,1-3H3. The molecule has 0 fully saturated rings. The second-order valence-corrected chi connectivity index (χ2v) is 5.45. The molecule has 0 aliphatic heterocycles. The minimum atomic E-state index is -0.269. The quantitative estimate of drug-likeness (QED) is 0.463. The number of hydrogen-bond acceptors (Lipinski definition) is 3. The van der Waals surface area contributed by atoms with Crippen molar-refractivity contribution in [1.29, 1.82) is 0 Å². The van der Waals surface area contributed by atoms with Gasteiger partial charge in [-0.3, -0.25) is 9.18 Å². The largest absolute Gasteiger partial charge is 0.465 e. The van der Waals surface area contributed by atoms with Crippen molar-refractivity contribution in [2.75, 3.05) is 19.0 Å². The summed E-state index contributed by atoms with van der Waals surface area (Å²) in [6.07, 6.45) is 2.25. The van der Waals surface area contributed by atoms with Crippen LogP contribution in [0.1, 0.15) is 40.0 Å². The molecule has 0 spiro atoms. The molecule has 0 saturated heterocycles. The summed E-state index contributed by atoms with van der Waals surface area (Å²) in [7, 11) is 0. The number of hydrogen-bond donors (Lipinski definition) is 0. The first-order valence-electron chi connectivity index (χ1n) is 5.96. The molecule has 16 heavy (non-hydrogen) atoms. The van der Waals surface area contributed by atoms with Crippen molar-refractivity contribution in [3.05, 3.63) is 0 Å². The normalized spacial score (nSPS) is 12.8. The van der Waals surface area contributed by atoms with E-state index < -0.39 is 0 Å². The molecule has 1 unspecified atom stereocenters. The van der Waals surface area contributed by atoms with E-state index in [1.54, 1.807) is 11.8 Å². The van der Waals surface area contributed by atoms with Gasteiger partial charge in [0.2, 0.25) is 0 Å². The number of ether oxygens (including phenoxy) is 1. The Morgan fingerprint density at radius 2 is 2.06 bits per heavy atom. The lowest BCUT2D eigenvalue weighted by Gasteiger charge is -2.16. The van der Waals surface area contributed by atoms with E-state index in [9.17, 15) is 9.18 Å². The van der Waals surface area contributed by atoms with Crippen LogP contribution in [0.4, 0.5) is 4.39 Å². The van der Waals surface area contributed by atoms with Crippen LogP contribution in [0, 0.1) is 5.92 Å². The number of unbranched alkanes of at least 4 members (excludes halogenated alkanes) is 1. The summed E-state index contributed by atoms with van der Waals surface area (Å²) in [4.78, 5) is 11.6. The Labute approximate surface area is 102 Å². The smallest absolute Gasteiger partial charge is 0.319 e. The molecule has 0 aromatic carbocycles. The first kappa shape index (κ1) is 15.8. The van der Waals surface area contributed by atoms with Crippen LogP contribution in [-0.2, 0) is 9.53 Å². The Morgan fingerprint density at radius 1 is 1.38 bits per heavy atom. The average molecular weight is 250 g/mol. The fourth-order valence-electron chi connectivity index (χ4n) is 1.32. The van der Waals surface area contributed by atoms with E-state index in [0.717, 1.165) is 18.6 Å². The van der Waals surface area contributed by atoms with E-state index in [0.29, 0.717) is 18.9 Å². The van der Waals surface area contributed by atoms with E-state index in [4.69, 9.17) is 4.74 Å². The first-order chi connectivity index (χ1) is 7.61.